The van der Waals surface area contributed by atoms with Crippen LogP contribution in [-0.2, 0) is 4.79 Å². The lowest BCUT2D eigenvalue weighted by atomic mass is 10.3. The molecule has 3 rings (SSSR count). The standard InChI is InChI=1S/C19H23N3OS/c1-21-11-13-22(14-12-21)15-19(23)20-16-7-9-18(10-8-16)24-17-5-3-2-4-6-17/h2-10H,11-15H2,1H3,(H,20,23). The van der Waals surface area contributed by atoms with Crippen molar-refractivity contribution in [2.24, 2.45) is 0 Å². The van der Waals surface area contributed by atoms with E-state index in [1.54, 1.807) is 11.8 Å². The van der Waals surface area contributed by atoms with E-state index in [4.69, 9.17) is 0 Å². The number of piperazine rings is 1. The minimum Gasteiger partial charge on any atom is -0.325 e. The quantitative estimate of drug-likeness (QED) is 0.907. The second-order valence-electron chi connectivity index (χ2n) is 6.07. The fourth-order valence-corrected chi connectivity index (χ4v) is 3.48. The van der Waals surface area contributed by atoms with Crippen molar-refractivity contribution in [3.8, 4) is 0 Å². The molecule has 0 aliphatic carbocycles. The molecule has 4 nitrogen and oxygen atoms in total. The van der Waals surface area contributed by atoms with Crippen molar-refractivity contribution >= 4 is 23.4 Å². The van der Waals surface area contributed by atoms with Crippen LogP contribution >= 0.6 is 11.8 Å². The monoisotopic (exact) mass is 341 g/mol. The van der Waals surface area contributed by atoms with Crippen molar-refractivity contribution in [1.29, 1.82) is 0 Å². The van der Waals surface area contributed by atoms with E-state index in [1.807, 2.05) is 42.5 Å². The van der Waals surface area contributed by atoms with Crippen LogP contribution in [0, 0.1) is 0 Å². The second kappa shape index (κ2) is 8.33. The lowest BCUT2D eigenvalue weighted by molar-refractivity contribution is -0.117. The first kappa shape index (κ1) is 17.0. The van der Waals surface area contributed by atoms with Gasteiger partial charge >= 0.3 is 0 Å². The van der Waals surface area contributed by atoms with Gasteiger partial charge in [-0.1, -0.05) is 30.0 Å². The predicted octanol–water partition coefficient (Wildman–Crippen LogP) is 3.02. The molecule has 0 aromatic heterocycles. The number of carbonyl (C=O) groups is 1. The summed E-state index contributed by atoms with van der Waals surface area (Å²) >= 11 is 1.72. The van der Waals surface area contributed by atoms with Gasteiger partial charge in [0.25, 0.3) is 0 Å². The van der Waals surface area contributed by atoms with Gasteiger partial charge < -0.3 is 10.2 Å². The average Bonchev–Trinajstić information content (AvgIpc) is 2.60. The Bertz CT molecular complexity index is 652. The summed E-state index contributed by atoms with van der Waals surface area (Å²) in [5.41, 5.74) is 0.853. The van der Waals surface area contributed by atoms with Gasteiger partial charge in [-0.25, -0.2) is 0 Å². The first-order chi connectivity index (χ1) is 11.7. The van der Waals surface area contributed by atoms with E-state index in [1.165, 1.54) is 9.79 Å². The second-order valence-corrected chi connectivity index (χ2v) is 7.21. The molecule has 2 aromatic rings. The van der Waals surface area contributed by atoms with Crippen LogP contribution in [0.15, 0.2) is 64.4 Å². The van der Waals surface area contributed by atoms with Gasteiger partial charge in [0.1, 0.15) is 0 Å². The highest BCUT2D eigenvalue weighted by atomic mass is 32.2. The number of benzene rings is 2. The van der Waals surface area contributed by atoms with E-state index in [-0.39, 0.29) is 5.91 Å². The maximum absolute atomic E-state index is 12.2. The molecule has 1 aliphatic rings. The summed E-state index contributed by atoms with van der Waals surface area (Å²) in [6.45, 7) is 4.43. The summed E-state index contributed by atoms with van der Waals surface area (Å²) < 4.78 is 0. The van der Waals surface area contributed by atoms with Crippen molar-refractivity contribution in [2.45, 2.75) is 9.79 Å². The van der Waals surface area contributed by atoms with Crippen molar-refractivity contribution in [3.63, 3.8) is 0 Å². The zero-order valence-corrected chi connectivity index (χ0v) is 14.8. The Morgan fingerprint density at radius 3 is 2.25 bits per heavy atom. The molecule has 1 amide bonds. The SMILES string of the molecule is CN1CCN(CC(=O)Nc2ccc(Sc3ccccc3)cc2)CC1. The van der Waals surface area contributed by atoms with Crippen LogP contribution in [0.2, 0.25) is 0 Å². The van der Waals surface area contributed by atoms with E-state index >= 15 is 0 Å². The first-order valence-electron chi connectivity index (χ1n) is 8.23. The Kier molecular flexibility index (Phi) is 5.91. The summed E-state index contributed by atoms with van der Waals surface area (Å²) in [6, 6.07) is 18.3. The maximum atomic E-state index is 12.2. The molecule has 24 heavy (non-hydrogen) atoms. The Labute approximate surface area is 147 Å². The summed E-state index contributed by atoms with van der Waals surface area (Å²) in [6.07, 6.45) is 0. The minimum absolute atomic E-state index is 0.0583. The summed E-state index contributed by atoms with van der Waals surface area (Å²) in [4.78, 5) is 19.0. The predicted molar refractivity (Wildman–Crippen MR) is 99.6 cm³/mol. The van der Waals surface area contributed by atoms with Gasteiger partial charge in [0, 0.05) is 41.7 Å². The zero-order chi connectivity index (χ0) is 16.8. The average molecular weight is 341 g/mol. The van der Waals surface area contributed by atoms with Crippen LogP contribution < -0.4 is 5.32 Å². The van der Waals surface area contributed by atoms with E-state index in [0.717, 1.165) is 31.9 Å². The number of nitrogens with one attached hydrogen (secondary N) is 1. The molecule has 5 heteroatoms. The number of amides is 1. The first-order valence-corrected chi connectivity index (χ1v) is 9.04. The Morgan fingerprint density at radius 2 is 1.58 bits per heavy atom. The molecule has 0 radical (unpaired) electrons. The fraction of sp³-hybridized carbons (Fsp3) is 0.316. The maximum Gasteiger partial charge on any atom is 0.238 e. The third-order valence-electron chi connectivity index (χ3n) is 4.08. The largest absolute Gasteiger partial charge is 0.325 e. The molecule has 0 spiro atoms. The van der Waals surface area contributed by atoms with Crippen molar-refractivity contribution in [1.82, 2.24) is 9.80 Å². The minimum atomic E-state index is 0.0583. The van der Waals surface area contributed by atoms with Crippen LogP contribution in [0.5, 0.6) is 0 Å². The molecule has 1 fully saturated rings. The van der Waals surface area contributed by atoms with E-state index in [0.29, 0.717) is 6.54 Å². The fourth-order valence-electron chi connectivity index (χ4n) is 2.64. The molecule has 1 N–H and O–H groups in total. The number of likely N-dealkylation sites (N-methyl/N-ethyl adjacent to an activating group) is 1. The molecule has 1 aliphatic heterocycles. The lowest BCUT2D eigenvalue weighted by Gasteiger charge is -2.31. The van der Waals surface area contributed by atoms with Gasteiger partial charge in [-0.2, -0.15) is 0 Å². The van der Waals surface area contributed by atoms with Crippen LogP contribution in [-0.4, -0.2) is 55.5 Å². The van der Waals surface area contributed by atoms with Crippen LogP contribution in [0.3, 0.4) is 0 Å². The van der Waals surface area contributed by atoms with Crippen LogP contribution in [0.4, 0.5) is 5.69 Å². The number of carbonyl (C=O) groups excluding carboxylic acids is 1. The number of hydrogen-bond donors (Lipinski definition) is 1. The highest BCUT2D eigenvalue weighted by molar-refractivity contribution is 7.99. The Hall–Kier alpha value is -1.82. The van der Waals surface area contributed by atoms with Crippen molar-refractivity contribution in [2.75, 3.05) is 45.1 Å². The smallest absolute Gasteiger partial charge is 0.238 e. The zero-order valence-electron chi connectivity index (χ0n) is 13.9. The molecule has 1 saturated heterocycles. The molecule has 1 heterocycles. The summed E-state index contributed by atoms with van der Waals surface area (Å²) in [5.74, 6) is 0.0583. The Morgan fingerprint density at radius 1 is 0.958 bits per heavy atom. The molecule has 126 valence electrons. The highest BCUT2D eigenvalue weighted by Crippen LogP contribution is 2.28. The molecular formula is C19H23N3OS. The van der Waals surface area contributed by atoms with E-state index < -0.39 is 0 Å². The summed E-state index contributed by atoms with van der Waals surface area (Å²) in [5, 5.41) is 2.99. The molecule has 0 atom stereocenters. The normalized spacial score (nSPS) is 16.0. The van der Waals surface area contributed by atoms with Gasteiger partial charge in [-0.05, 0) is 43.4 Å². The van der Waals surface area contributed by atoms with Gasteiger partial charge in [-0.3, -0.25) is 9.69 Å². The lowest BCUT2D eigenvalue weighted by Crippen LogP contribution is -2.47. The third kappa shape index (κ3) is 5.09. The van der Waals surface area contributed by atoms with Crippen molar-refractivity contribution in [3.05, 3.63) is 54.6 Å². The van der Waals surface area contributed by atoms with Gasteiger partial charge in [-0.15, -0.1) is 0 Å². The van der Waals surface area contributed by atoms with Gasteiger partial charge in [0.05, 0.1) is 6.54 Å². The number of anilines is 1. The summed E-state index contributed by atoms with van der Waals surface area (Å²) in [7, 11) is 2.12. The number of nitrogens with zero attached hydrogens (tertiary/aromatic N) is 2. The molecule has 0 unspecified atom stereocenters. The Balaban J connectivity index is 1.49. The number of hydrogen-bond acceptors (Lipinski definition) is 4. The van der Waals surface area contributed by atoms with E-state index in [9.17, 15) is 4.79 Å². The molecular weight excluding hydrogens is 318 g/mol. The van der Waals surface area contributed by atoms with Gasteiger partial charge in [0.2, 0.25) is 5.91 Å². The van der Waals surface area contributed by atoms with Crippen LogP contribution in [0.25, 0.3) is 0 Å². The van der Waals surface area contributed by atoms with Crippen LogP contribution in [0.1, 0.15) is 0 Å². The third-order valence-corrected chi connectivity index (χ3v) is 5.10. The molecule has 0 bridgehead atoms. The topological polar surface area (TPSA) is 35.6 Å². The van der Waals surface area contributed by atoms with Crippen molar-refractivity contribution < 1.29 is 4.79 Å². The van der Waals surface area contributed by atoms with Gasteiger partial charge in [0.15, 0.2) is 0 Å². The molecule has 0 saturated carbocycles. The highest BCUT2D eigenvalue weighted by Gasteiger charge is 2.16. The van der Waals surface area contributed by atoms with E-state index in [2.05, 4.69) is 34.3 Å². The number of rotatable bonds is 5. The molecule has 2 aromatic carbocycles.